The third-order valence-corrected chi connectivity index (χ3v) is 2.46. The number of aromatic nitrogens is 2. The van der Waals surface area contributed by atoms with Gasteiger partial charge in [-0.05, 0) is 26.2 Å². The fraction of sp³-hybridized carbons (Fsp3) is 0.333. The number of hydrogen-bond acceptors (Lipinski definition) is 4. The van der Waals surface area contributed by atoms with Gasteiger partial charge in [0.2, 0.25) is 5.95 Å². The molecule has 2 N–H and O–H groups in total. The van der Waals surface area contributed by atoms with Crippen LogP contribution in [0.4, 0.5) is 5.95 Å². The lowest BCUT2D eigenvalue weighted by Crippen LogP contribution is -2.22. The van der Waals surface area contributed by atoms with Gasteiger partial charge in [-0.3, -0.25) is 9.78 Å². The predicted molar refractivity (Wildman–Crippen MR) is 76.7 cm³/mol. The molecule has 0 atom stereocenters. The predicted octanol–water partition coefficient (Wildman–Crippen LogP) is 1.32. The van der Waals surface area contributed by atoms with Crippen molar-refractivity contribution in [3.8, 4) is 0 Å². The zero-order valence-electron chi connectivity index (χ0n) is 10.4. The zero-order chi connectivity index (χ0) is 12.3. The summed E-state index contributed by atoms with van der Waals surface area (Å²) in [5, 5.41) is 3.72. The molecule has 0 saturated heterocycles. The molecule has 98 valence electrons. The lowest BCUT2D eigenvalue weighted by molar-refractivity contribution is 0.425. The number of fused-ring (bicyclic) bond motifs is 1. The lowest BCUT2D eigenvalue weighted by Gasteiger charge is -2.10. The molecule has 18 heavy (non-hydrogen) atoms. The Morgan fingerprint density at radius 2 is 2.06 bits per heavy atom. The maximum Gasteiger partial charge on any atom is 0.260 e. The minimum absolute atomic E-state index is 0. The third-order valence-electron chi connectivity index (χ3n) is 2.46. The van der Waals surface area contributed by atoms with Gasteiger partial charge in [-0.1, -0.05) is 12.1 Å². The summed E-state index contributed by atoms with van der Waals surface area (Å²) in [7, 11) is 4.00. The Balaban J connectivity index is 0.00000162. The molecule has 2 rings (SSSR count). The molecule has 0 spiro atoms. The van der Waals surface area contributed by atoms with E-state index < -0.39 is 0 Å². The molecular weight excluding hydrogens is 252 g/mol. The Kier molecular flexibility index (Phi) is 5.12. The van der Waals surface area contributed by atoms with Gasteiger partial charge in [0, 0.05) is 13.1 Å². The smallest absolute Gasteiger partial charge is 0.260 e. The average Bonchev–Trinajstić information content (AvgIpc) is 2.28. The minimum Gasteiger partial charge on any atom is -0.354 e. The van der Waals surface area contributed by atoms with Gasteiger partial charge in [-0.25, -0.2) is 4.98 Å². The van der Waals surface area contributed by atoms with E-state index in [0.717, 1.165) is 13.1 Å². The number of para-hydroxylation sites is 1. The second kappa shape index (κ2) is 6.37. The van der Waals surface area contributed by atoms with Gasteiger partial charge in [-0.2, -0.15) is 0 Å². The summed E-state index contributed by atoms with van der Waals surface area (Å²) in [5.41, 5.74) is 0.603. The van der Waals surface area contributed by atoms with Crippen LogP contribution in [0, 0.1) is 0 Å². The minimum atomic E-state index is -0.108. The number of nitrogens with one attached hydrogen (secondary N) is 2. The Morgan fingerprint density at radius 1 is 1.33 bits per heavy atom. The van der Waals surface area contributed by atoms with E-state index in [0.29, 0.717) is 16.9 Å². The van der Waals surface area contributed by atoms with Crippen LogP contribution in [0.1, 0.15) is 0 Å². The molecule has 6 heteroatoms. The molecular formula is C12H17ClN4O. The number of H-pyrrole nitrogens is 1. The van der Waals surface area contributed by atoms with Crippen LogP contribution in [0.25, 0.3) is 10.9 Å². The molecule has 0 amide bonds. The van der Waals surface area contributed by atoms with E-state index in [2.05, 4.69) is 20.2 Å². The monoisotopic (exact) mass is 268 g/mol. The molecule has 0 saturated carbocycles. The first-order valence-electron chi connectivity index (χ1n) is 5.54. The molecule has 0 unspecified atom stereocenters. The summed E-state index contributed by atoms with van der Waals surface area (Å²) in [4.78, 5) is 20.9. The fourth-order valence-electron chi connectivity index (χ4n) is 1.57. The van der Waals surface area contributed by atoms with Gasteiger partial charge in [0.05, 0.1) is 10.9 Å². The number of hydrogen-bond donors (Lipinski definition) is 2. The molecule has 1 heterocycles. The molecule has 2 aromatic rings. The molecule has 0 aliphatic carbocycles. The van der Waals surface area contributed by atoms with Gasteiger partial charge in [0.15, 0.2) is 0 Å². The molecule has 0 radical (unpaired) electrons. The van der Waals surface area contributed by atoms with Crippen LogP contribution in [-0.2, 0) is 0 Å². The molecule has 0 aliphatic heterocycles. The molecule has 0 aliphatic rings. The first-order valence-corrected chi connectivity index (χ1v) is 5.54. The van der Waals surface area contributed by atoms with Gasteiger partial charge in [-0.15, -0.1) is 12.4 Å². The van der Waals surface area contributed by atoms with E-state index in [-0.39, 0.29) is 18.0 Å². The number of aromatic amines is 1. The molecule has 0 bridgehead atoms. The summed E-state index contributed by atoms with van der Waals surface area (Å²) >= 11 is 0. The first kappa shape index (κ1) is 14.5. The number of halogens is 1. The fourth-order valence-corrected chi connectivity index (χ4v) is 1.57. The van der Waals surface area contributed by atoms with Crippen molar-refractivity contribution >= 4 is 29.3 Å². The number of benzene rings is 1. The highest BCUT2D eigenvalue weighted by Gasteiger charge is 2.02. The van der Waals surface area contributed by atoms with Crippen molar-refractivity contribution in [2.75, 3.05) is 32.5 Å². The van der Waals surface area contributed by atoms with Gasteiger partial charge in [0.1, 0.15) is 0 Å². The van der Waals surface area contributed by atoms with Crippen LogP contribution in [0.3, 0.4) is 0 Å². The van der Waals surface area contributed by atoms with Gasteiger partial charge in [0.25, 0.3) is 5.56 Å². The third kappa shape index (κ3) is 3.45. The Morgan fingerprint density at radius 3 is 2.78 bits per heavy atom. The van der Waals surface area contributed by atoms with Crippen molar-refractivity contribution in [2.24, 2.45) is 0 Å². The van der Waals surface area contributed by atoms with Crippen LogP contribution < -0.4 is 10.9 Å². The maximum absolute atomic E-state index is 11.8. The maximum atomic E-state index is 11.8. The topological polar surface area (TPSA) is 61.0 Å². The number of anilines is 1. The van der Waals surface area contributed by atoms with Crippen LogP contribution in [0.15, 0.2) is 29.1 Å². The normalized spacial score (nSPS) is 10.4. The van der Waals surface area contributed by atoms with E-state index in [9.17, 15) is 4.79 Å². The van der Waals surface area contributed by atoms with Crippen molar-refractivity contribution in [3.63, 3.8) is 0 Å². The van der Waals surface area contributed by atoms with Crippen molar-refractivity contribution in [1.82, 2.24) is 14.9 Å². The second-order valence-corrected chi connectivity index (χ2v) is 4.16. The highest BCUT2D eigenvalue weighted by Crippen LogP contribution is 2.07. The summed E-state index contributed by atoms with van der Waals surface area (Å²) < 4.78 is 0. The average molecular weight is 269 g/mol. The van der Waals surface area contributed by atoms with E-state index in [1.165, 1.54) is 0 Å². The van der Waals surface area contributed by atoms with Crippen LogP contribution in [0.2, 0.25) is 0 Å². The van der Waals surface area contributed by atoms with Crippen LogP contribution in [-0.4, -0.2) is 42.1 Å². The largest absolute Gasteiger partial charge is 0.354 e. The molecule has 1 aromatic carbocycles. The zero-order valence-corrected chi connectivity index (χ0v) is 11.3. The van der Waals surface area contributed by atoms with Crippen LogP contribution >= 0.6 is 12.4 Å². The van der Waals surface area contributed by atoms with Crippen molar-refractivity contribution in [1.29, 1.82) is 0 Å². The summed E-state index contributed by atoms with van der Waals surface area (Å²) in [6, 6.07) is 7.31. The van der Waals surface area contributed by atoms with E-state index >= 15 is 0 Å². The number of likely N-dealkylation sites (N-methyl/N-ethyl adjacent to an activating group) is 1. The van der Waals surface area contributed by atoms with Gasteiger partial charge < -0.3 is 10.2 Å². The van der Waals surface area contributed by atoms with Crippen molar-refractivity contribution in [3.05, 3.63) is 34.6 Å². The number of nitrogens with zero attached hydrogens (tertiary/aromatic N) is 2. The van der Waals surface area contributed by atoms with Crippen LogP contribution in [0.5, 0.6) is 0 Å². The molecule has 5 nitrogen and oxygen atoms in total. The highest BCUT2D eigenvalue weighted by molar-refractivity contribution is 5.85. The number of rotatable bonds is 4. The first-order chi connectivity index (χ1) is 8.16. The Labute approximate surface area is 112 Å². The Hall–Kier alpha value is -1.59. The summed E-state index contributed by atoms with van der Waals surface area (Å²) in [6.07, 6.45) is 0. The van der Waals surface area contributed by atoms with E-state index in [4.69, 9.17) is 0 Å². The quantitative estimate of drug-likeness (QED) is 0.878. The highest BCUT2D eigenvalue weighted by atomic mass is 35.5. The van der Waals surface area contributed by atoms with Crippen molar-refractivity contribution in [2.45, 2.75) is 0 Å². The SMILES string of the molecule is CN(C)CCNc1nc2ccccc2c(=O)[nH]1.Cl. The molecule has 1 aromatic heterocycles. The summed E-state index contributed by atoms with van der Waals surface area (Å²) in [5.74, 6) is 0.524. The molecule has 0 fully saturated rings. The summed E-state index contributed by atoms with van der Waals surface area (Å²) in [6.45, 7) is 1.63. The standard InChI is InChI=1S/C12H16N4O.ClH/c1-16(2)8-7-13-12-14-10-6-4-3-5-9(10)11(17)15-12;/h3-6H,7-8H2,1-2H3,(H2,13,14,15,17);1H. The Bertz CT molecular complexity index is 567. The van der Waals surface area contributed by atoms with Gasteiger partial charge >= 0.3 is 0 Å². The lowest BCUT2D eigenvalue weighted by atomic mass is 10.2. The van der Waals surface area contributed by atoms with Crippen molar-refractivity contribution < 1.29 is 0 Å². The second-order valence-electron chi connectivity index (χ2n) is 4.16. The van der Waals surface area contributed by atoms with E-state index in [1.54, 1.807) is 6.07 Å². The van der Waals surface area contributed by atoms with E-state index in [1.807, 2.05) is 32.3 Å².